The van der Waals surface area contributed by atoms with Gasteiger partial charge in [-0.05, 0) is 36.8 Å². The monoisotopic (exact) mass is 328 g/mol. The summed E-state index contributed by atoms with van der Waals surface area (Å²) in [6, 6.07) is 16.2. The summed E-state index contributed by atoms with van der Waals surface area (Å²) >= 11 is 0. The molecule has 0 saturated heterocycles. The van der Waals surface area contributed by atoms with Crippen molar-refractivity contribution < 1.29 is 19.1 Å². The van der Waals surface area contributed by atoms with E-state index in [4.69, 9.17) is 9.47 Å². The maximum Gasteiger partial charge on any atom is 0.321 e. The quantitative estimate of drug-likeness (QED) is 0.854. The van der Waals surface area contributed by atoms with Gasteiger partial charge in [0.2, 0.25) is 0 Å². The Morgan fingerprint density at radius 2 is 1.62 bits per heavy atom. The molecule has 6 nitrogen and oxygen atoms in total. The van der Waals surface area contributed by atoms with Crippen LogP contribution in [0, 0.1) is 0 Å². The lowest BCUT2D eigenvalue weighted by molar-refractivity contribution is -0.126. The molecule has 0 aliphatic carbocycles. The number of amides is 3. The maximum absolute atomic E-state index is 11.7. The van der Waals surface area contributed by atoms with Crippen molar-refractivity contribution in [1.82, 2.24) is 10.6 Å². The highest BCUT2D eigenvalue weighted by molar-refractivity contribution is 5.96. The molecule has 0 radical (unpaired) electrons. The van der Waals surface area contributed by atoms with Crippen LogP contribution < -0.4 is 20.1 Å². The van der Waals surface area contributed by atoms with Crippen molar-refractivity contribution in [2.24, 2.45) is 0 Å². The van der Waals surface area contributed by atoms with Crippen LogP contribution in [-0.2, 0) is 11.4 Å². The smallest absolute Gasteiger partial charge is 0.321 e. The number of benzene rings is 2. The Bertz CT molecular complexity index is 671. The number of urea groups is 1. The first kappa shape index (κ1) is 17.3. The summed E-state index contributed by atoms with van der Waals surface area (Å²) in [6.45, 7) is 2.05. The molecule has 0 heterocycles. The molecule has 24 heavy (non-hydrogen) atoms. The molecular weight excluding hydrogens is 308 g/mol. The van der Waals surface area contributed by atoms with Gasteiger partial charge in [-0.2, -0.15) is 0 Å². The summed E-state index contributed by atoms with van der Waals surface area (Å²) in [6.07, 6.45) is -0.793. The molecule has 2 aromatic rings. The van der Waals surface area contributed by atoms with Crippen LogP contribution >= 0.6 is 0 Å². The van der Waals surface area contributed by atoms with Crippen molar-refractivity contribution >= 4 is 11.9 Å². The molecule has 2 aromatic carbocycles. The highest BCUT2D eigenvalue weighted by atomic mass is 16.5. The Labute approximate surface area is 140 Å². The van der Waals surface area contributed by atoms with E-state index >= 15 is 0 Å². The van der Waals surface area contributed by atoms with Gasteiger partial charge in [-0.1, -0.05) is 30.3 Å². The lowest BCUT2D eigenvalue weighted by atomic mass is 10.2. The molecule has 0 aliphatic heterocycles. The van der Waals surface area contributed by atoms with E-state index in [1.165, 1.54) is 7.05 Å². The van der Waals surface area contributed by atoms with Gasteiger partial charge >= 0.3 is 6.03 Å². The Morgan fingerprint density at radius 1 is 1.00 bits per heavy atom. The number of rotatable bonds is 6. The first-order valence-corrected chi connectivity index (χ1v) is 7.54. The number of carbonyl (C=O) groups excluding carboxylic acids is 2. The molecule has 0 spiro atoms. The lowest BCUT2D eigenvalue weighted by Crippen LogP contribution is -2.43. The van der Waals surface area contributed by atoms with E-state index in [0.29, 0.717) is 18.1 Å². The van der Waals surface area contributed by atoms with E-state index in [1.807, 2.05) is 30.3 Å². The highest BCUT2D eigenvalue weighted by Crippen LogP contribution is 2.19. The van der Waals surface area contributed by atoms with Crippen molar-refractivity contribution in [1.29, 1.82) is 0 Å². The summed E-state index contributed by atoms with van der Waals surface area (Å²) in [4.78, 5) is 22.8. The van der Waals surface area contributed by atoms with E-state index in [1.54, 1.807) is 31.2 Å². The van der Waals surface area contributed by atoms with Gasteiger partial charge in [0.25, 0.3) is 5.91 Å². The lowest BCUT2D eigenvalue weighted by Gasteiger charge is -2.14. The van der Waals surface area contributed by atoms with Gasteiger partial charge in [-0.25, -0.2) is 4.79 Å². The van der Waals surface area contributed by atoms with Gasteiger partial charge in [0, 0.05) is 7.05 Å². The molecule has 2 rings (SSSR count). The molecule has 6 heteroatoms. The van der Waals surface area contributed by atoms with Crippen molar-refractivity contribution in [2.75, 3.05) is 7.05 Å². The van der Waals surface area contributed by atoms with Gasteiger partial charge in [-0.15, -0.1) is 0 Å². The minimum absolute atomic E-state index is 0.478. The van der Waals surface area contributed by atoms with Gasteiger partial charge in [-0.3, -0.25) is 10.1 Å². The summed E-state index contributed by atoms with van der Waals surface area (Å²) in [7, 11) is 1.43. The van der Waals surface area contributed by atoms with Crippen LogP contribution in [0.15, 0.2) is 54.6 Å². The van der Waals surface area contributed by atoms with E-state index in [-0.39, 0.29) is 0 Å². The number of ether oxygens (including phenoxy) is 2. The average Bonchev–Trinajstić information content (AvgIpc) is 2.61. The fourth-order valence-corrected chi connectivity index (χ4v) is 1.89. The van der Waals surface area contributed by atoms with Gasteiger partial charge < -0.3 is 14.8 Å². The molecule has 2 N–H and O–H groups in total. The first-order chi connectivity index (χ1) is 11.6. The Morgan fingerprint density at radius 3 is 2.25 bits per heavy atom. The Kier molecular flexibility index (Phi) is 6.19. The van der Waals surface area contributed by atoms with Crippen molar-refractivity contribution in [3.05, 3.63) is 60.2 Å². The fraction of sp³-hybridized carbons (Fsp3) is 0.222. The summed E-state index contributed by atoms with van der Waals surface area (Å²) in [5.41, 5.74) is 1.08. The van der Waals surface area contributed by atoms with Crippen molar-refractivity contribution in [3.8, 4) is 11.5 Å². The summed E-state index contributed by atoms with van der Waals surface area (Å²) in [5, 5.41) is 4.47. The Hall–Kier alpha value is -3.02. The molecule has 0 aliphatic rings. The third kappa shape index (κ3) is 5.31. The zero-order valence-corrected chi connectivity index (χ0v) is 13.6. The van der Waals surface area contributed by atoms with E-state index in [0.717, 1.165) is 5.56 Å². The molecule has 0 saturated carbocycles. The standard InChI is InChI=1S/C18H20N2O4/c1-13(17(21)20-18(22)19-2)24-16-10-8-15(9-11-16)23-12-14-6-4-3-5-7-14/h3-11,13H,12H2,1-2H3,(H2,19,20,21,22)/t13-/m1/s1. The SMILES string of the molecule is CNC(=O)NC(=O)[C@@H](C)Oc1ccc(OCc2ccccc2)cc1. The van der Waals surface area contributed by atoms with Gasteiger partial charge in [0.1, 0.15) is 18.1 Å². The van der Waals surface area contributed by atoms with Crippen LogP contribution in [0.5, 0.6) is 11.5 Å². The topological polar surface area (TPSA) is 76.7 Å². The second kappa shape index (κ2) is 8.57. The number of hydrogen-bond acceptors (Lipinski definition) is 4. The van der Waals surface area contributed by atoms with E-state index < -0.39 is 18.0 Å². The predicted octanol–water partition coefficient (Wildman–Crippen LogP) is 2.49. The third-order valence-corrected chi connectivity index (χ3v) is 3.22. The van der Waals surface area contributed by atoms with Crippen LogP contribution in [0.1, 0.15) is 12.5 Å². The molecular formula is C18H20N2O4. The molecule has 1 atom stereocenters. The predicted molar refractivity (Wildman–Crippen MR) is 89.9 cm³/mol. The minimum atomic E-state index is -0.793. The van der Waals surface area contributed by atoms with Crippen molar-refractivity contribution in [2.45, 2.75) is 19.6 Å². The van der Waals surface area contributed by atoms with Gasteiger partial charge in [0.05, 0.1) is 0 Å². The number of imide groups is 1. The molecule has 0 bridgehead atoms. The van der Waals surface area contributed by atoms with Crippen LogP contribution in [-0.4, -0.2) is 25.1 Å². The maximum atomic E-state index is 11.7. The molecule has 3 amide bonds. The number of hydrogen-bond donors (Lipinski definition) is 2. The summed E-state index contributed by atoms with van der Waals surface area (Å²) < 4.78 is 11.2. The minimum Gasteiger partial charge on any atom is -0.489 e. The third-order valence-electron chi connectivity index (χ3n) is 3.22. The van der Waals surface area contributed by atoms with E-state index in [9.17, 15) is 9.59 Å². The normalized spacial score (nSPS) is 11.2. The number of carbonyl (C=O) groups is 2. The van der Waals surface area contributed by atoms with Gasteiger partial charge in [0.15, 0.2) is 6.10 Å². The number of nitrogens with one attached hydrogen (secondary N) is 2. The zero-order valence-electron chi connectivity index (χ0n) is 13.6. The van der Waals surface area contributed by atoms with E-state index in [2.05, 4.69) is 10.6 Å². The Balaban J connectivity index is 1.85. The van der Waals surface area contributed by atoms with Crippen LogP contribution in [0.4, 0.5) is 4.79 Å². The highest BCUT2D eigenvalue weighted by Gasteiger charge is 2.16. The molecule has 0 fully saturated rings. The second-order valence-corrected chi connectivity index (χ2v) is 5.07. The first-order valence-electron chi connectivity index (χ1n) is 7.54. The van der Waals surface area contributed by atoms with Crippen LogP contribution in [0.25, 0.3) is 0 Å². The van der Waals surface area contributed by atoms with Crippen LogP contribution in [0.3, 0.4) is 0 Å². The molecule has 0 aromatic heterocycles. The summed E-state index contributed by atoms with van der Waals surface area (Å²) in [5.74, 6) is 0.703. The molecule has 0 unspecified atom stereocenters. The largest absolute Gasteiger partial charge is 0.489 e. The molecule has 126 valence electrons. The zero-order chi connectivity index (χ0) is 17.4. The van der Waals surface area contributed by atoms with Crippen molar-refractivity contribution in [3.63, 3.8) is 0 Å². The van der Waals surface area contributed by atoms with Crippen LogP contribution in [0.2, 0.25) is 0 Å². The fourth-order valence-electron chi connectivity index (χ4n) is 1.89. The average molecular weight is 328 g/mol. The second-order valence-electron chi connectivity index (χ2n) is 5.07.